The predicted octanol–water partition coefficient (Wildman–Crippen LogP) is 0.712. The molecule has 1 aliphatic rings. The van der Waals surface area contributed by atoms with E-state index in [-0.39, 0.29) is 16.8 Å². The molecule has 0 aliphatic carbocycles. The fourth-order valence-corrected chi connectivity index (χ4v) is 1.55. The second-order valence-electron chi connectivity index (χ2n) is 2.71. The normalized spacial score (nSPS) is 24.2. The van der Waals surface area contributed by atoms with Crippen molar-refractivity contribution in [1.82, 2.24) is 10.2 Å². The molecule has 1 unspecified atom stereocenters. The van der Waals surface area contributed by atoms with Crippen molar-refractivity contribution < 1.29 is 9.59 Å². The van der Waals surface area contributed by atoms with Gasteiger partial charge in [-0.15, -0.1) is 0 Å². The summed E-state index contributed by atoms with van der Waals surface area (Å²) in [5, 5.41) is 2.27. The maximum Gasteiger partial charge on any atom is 0.324 e. The number of imide groups is 1. The van der Waals surface area contributed by atoms with Crippen molar-refractivity contribution in [3.63, 3.8) is 0 Å². The molecule has 68 valence electrons. The zero-order valence-electron chi connectivity index (χ0n) is 6.84. The van der Waals surface area contributed by atoms with Gasteiger partial charge in [0.15, 0.2) is 0 Å². The van der Waals surface area contributed by atoms with E-state index in [4.69, 9.17) is 0 Å². The maximum atomic E-state index is 11.1. The lowest BCUT2D eigenvalue weighted by Gasteiger charge is -2.28. The summed E-state index contributed by atoms with van der Waals surface area (Å²) in [4.78, 5) is 23.4. The van der Waals surface area contributed by atoms with Crippen molar-refractivity contribution in [3.05, 3.63) is 0 Å². The minimum absolute atomic E-state index is 0.243. The molecule has 4 nitrogen and oxygen atoms in total. The number of nitrogens with zero attached hydrogens (tertiary/aromatic N) is 1. The predicted molar refractivity (Wildman–Crippen MR) is 48.1 cm³/mol. The monoisotopic (exact) mass is 234 g/mol. The van der Waals surface area contributed by atoms with Crippen molar-refractivity contribution in [1.29, 1.82) is 0 Å². The van der Waals surface area contributed by atoms with E-state index in [0.717, 1.165) is 6.42 Å². The summed E-state index contributed by atoms with van der Waals surface area (Å²) in [6.45, 7) is 3.16. The van der Waals surface area contributed by atoms with Gasteiger partial charge in [0.2, 0.25) is 5.91 Å². The molecule has 1 heterocycles. The van der Waals surface area contributed by atoms with Gasteiger partial charge in [0.25, 0.3) is 0 Å². The van der Waals surface area contributed by atoms with Crippen LogP contribution in [0.1, 0.15) is 13.3 Å². The average Bonchev–Trinajstić information content (AvgIpc) is 2.01. The molecule has 1 fully saturated rings. The van der Waals surface area contributed by atoms with E-state index in [9.17, 15) is 9.59 Å². The van der Waals surface area contributed by atoms with Crippen LogP contribution < -0.4 is 5.32 Å². The van der Waals surface area contributed by atoms with Gasteiger partial charge in [0.1, 0.15) is 4.83 Å². The first kappa shape index (κ1) is 9.51. The molecular formula is C7H11BrN2O2. The van der Waals surface area contributed by atoms with Crippen molar-refractivity contribution in [2.45, 2.75) is 18.2 Å². The van der Waals surface area contributed by atoms with Crippen molar-refractivity contribution in [2.75, 3.05) is 13.1 Å². The van der Waals surface area contributed by atoms with Crippen LogP contribution in [0.15, 0.2) is 0 Å². The molecule has 1 N–H and O–H groups in total. The Balaban J connectivity index is 2.55. The second kappa shape index (κ2) is 3.89. The Morgan fingerprint density at radius 3 is 2.92 bits per heavy atom. The van der Waals surface area contributed by atoms with Crippen LogP contribution in [0.2, 0.25) is 0 Å². The first-order valence-electron chi connectivity index (χ1n) is 3.89. The van der Waals surface area contributed by atoms with Gasteiger partial charge in [-0.25, -0.2) is 4.79 Å². The summed E-state index contributed by atoms with van der Waals surface area (Å²) in [5.74, 6) is -0.243. The van der Waals surface area contributed by atoms with Crippen LogP contribution in [0.5, 0.6) is 0 Å². The van der Waals surface area contributed by atoms with E-state index in [1.807, 2.05) is 6.92 Å². The minimum Gasteiger partial charge on any atom is -0.323 e. The second-order valence-corrected chi connectivity index (χ2v) is 3.81. The topological polar surface area (TPSA) is 49.4 Å². The third-order valence-corrected chi connectivity index (χ3v) is 2.38. The highest BCUT2D eigenvalue weighted by Gasteiger charge is 2.29. The molecule has 0 bridgehead atoms. The molecular weight excluding hydrogens is 224 g/mol. The van der Waals surface area contributed by atoms with Gasteiger partial charge in [-0.1, -0.05) is 22.9 Å². The van der Waals surface area contributed by atoms with Gasteiger partial charge in [-0.2, -0.15) is 0 Å². The minimum atomic E-state index is -0.280. The third kappa shape index (κ3) is 1.97. The SMILES string of the molecule is CCCN1CC(Br)C(=O)NC1=O. The summed E-state index contributed by atoms with van der Waals surface area (Å²) >= 11 is 3.19. The van der Waals surface area contributed by atoms with Gasteiger partial charge in [0.05, 0.1) is 0 Å². The fraction of sp³-hybridized carbons (Fsp3) is 0.714. The molecule has 0 aromatic carbocycles. The highest BCUT2D eigenvalue weighted by molar-refractivity contribution is 9.10. The number of halogens is 1. The molecule has 0 radical (unpaired) electrons. The number of urea groups is 1. The number of carbonyl (C=O) groups is 2. The Bertz CT molecular complexity index is 208. The molecule has 1 rings (SSSR count). The van der Waals surface area contributed by atoms with E-state index in [1.165, 1.54) is 0 Å². The quantitative estimate of drug-likeness (QED) is 0.716. The number of hydrogen-bond acceptors (Lipinski definition) is 2. The highest BCUT2D eigenvalue weighted by Crippen LogP contribution is 2.09. The molecule has 5 heteroatoms. The van der Waals surface area contributed by atoms with Gasteiger partial charge >= 0.3 is 6.03 Å². The Hall–Kier alpha value is -0.580. The van der Waals surface area contributed by atoms with Crippen molar-refractivity contribution in [2.24, 2.45) is 0 Å². The molecule has 0 aromatic rings. The van der Waals surface area contributed by atoms with Crippen molar-refractivity contribution in [3.8, 4) is 0 Å². The van der Waals surface area contributed by atoms with E-state index in [1.54, 1.807) is 4.90 Å². The Kier molecular flexibility index (Phi) is 3.08. The summed E-state index contributed by atoms with van der Waals surface area (Å²) in [5.41, 5.74) is 0. The zero-order valence-corrected chi connectivity index (χ0v) is 8.43. The third-order valence-electron chi connectivity index (χ3n) is 1.68. The van der Waals surface area contributed by atoms with Gasteiger partial charge in [0, 0.05) is 13.1 Å². The molecule has 0 spiro atoms. The van der Waals surface area contributed by atoms with Crippen molar-refractivity contribution >= 4 is 27.9 Å². The van der Waals surface area contributed by atoms with Crippen LogP contribution in [0, 0.1) is 0 Å². The first-order chi connectivity index (χ1) is 5.65. The van der Waals surface area contributed by atoms with Crippen LogP contribution in [0.3, 0.4) is 0 Å². The summed E-state index contributed by atoms with van der Waals surface area (Å²) < 4.78 is 0. The molecule has 0 aromatic heterocycles. The van der Waals surface area contributed by atoms with Crippen LogP contribution in [-0.4, -0.2) is 34.8 Å². The number of carbonyl (C=O) groups excluding carboxylic acids is 2. The lowest BCUT2D eigenvalue weighted by Crippen LogP contribution is -2.55. The smallest absolute Gasteiger partial charge is 0.323 e. The summed E-state index contributed by atoms with van der Waals surface area (Å²) in [6, 6.07) is -0.280. The van der Waals surface area contributed by atoms with Gasteiger partial charge < -0.3 is 4.90 Å². The highest BCUT2D eigenvalue weighted by atomic mass is 79.9. The zero-order chi connectivity index (χ0) is 9.14. The number of hydrogen-bond donors (Lipinski definition) is 1. The van der Waals surface area contributed by atoms with E-state index >= 15 is 0 Å². The lowest BCUT2D eigenvalue weighted by atomic mass is 10.3. The Morgan fingerprint density at radius 2 is 2.33 bits per heavy atom. The number of rotatable bonds is 2. The van der Waals surface area contributed by atoms with Crippen LogP contribution in [-0.2, 0) is 4.79 Å². The molecule has 1 atom stereocenters. The first-order valence-corrected chi connectivity index (χ1v) is 4.80. The Labute approximate surface area is 79.4 Å². The molecule has 12 heavy (non-hydrogen) atoms. The van der Waals surface area contributed by atoms with E-state index in [0.29, 0.717) is 13.1 Å². The van der Waals surface area contributed by atoms with Crippen LogP contribution in [0.25, 0.3) is 0 Å². The van der Waals surface area contributed by atoms with Crippen LogP contribution in [0.4, 0.5) is 4.79 Å². The number of amides is 3. The fourth-order valence-electron chi connectivity index (χ4n) is 1.08. The van der Waals surface area contributed by atoms with E-state index < -0.39 is 0 Å². The summed E-state index contributed by atoms with van der Waals surface area (Å²) in [7, 11) is 0. The van der Waals surface area contributed by atoms with E-state index in [2.05, 4.69) is 21.2 Å². The van der Waals surface area contributed by atoms with Gasteiger partial charge in [-0.05, 0) is 6.42 Å². The number of nitrogens with one attached hydrogen (secondary N) is 1. The molecule has 0 saturated carbocycles. The average molecular weight is 235 g/mol. The largest absolute Gasteiger partial charge is 0.324 e. The molecule has 1 saturated heterocycles. The molecule has 3 amide bonds. The molecule has 1 aliphatic heterocycles. The Morgan fingerprint density at radius 1 is 1.67 bits per heavy atom. The van der Waals surface area contributed by atoms with Gasteiger partial charge in [-0.3, -0.25) is 10.1 Å². The lowest BCUT2D eigenvalue weighted by molar-refractivity contribution is -0.120. The maximum absolute atomic E-state index is 11.1. The summed E-state index contributed by atoms with van der Waals surface area (Å²) in [6.07, 6.45) is 0.904. The van der Waals surface area contributed by atoms with Crippen LogP contribution >= 0.6 is 15.9 Å². The standard InChI is InChI=1S/C7H11BrN2O2/c1-2-3-10-4-5(8)6(11)9-7(10)12/h5H,2-4H2,1H3,(H,9,11,12). The number of alkyl halides is 1.